The van der Waals surface area contributed by atoms with Gasteiger partial charge in [0.1, 0.15) is 11.6 Å². The van der Waals surface area contributed by atoms with Crippen molar-refractivity contribution in [2.45, 2.75) is 0 Å². The van der Waals surface area contributed by atoms with Crippen LogP contribution in [0.2, 0.25) is 0 Å². The lowest BCUT2D eigenvalue weighted by Crippen LogP contribution is -1.95. The highest BCUT2D eigenvalue weighted by atomic mass is 19.1. The Labute approximate surface area is 122 Å². The quantitative estimate of drug-likeness (QED) is 0.681. The van der Waals surface area contributed by atoms with Gasteiger partial charge in [0.05, 0.1) is 0 Å². The van der Waals surface area contributed by atoms with Gasteiger partial charge in [-0.05, 0) is 41.0 Å². The molecule has 3 rings (SSSR count). The summed E-state index contributed by atoms with van der Waals surface area (Å²) in [5, 5.41) is 9.40. The van der Waals surface area contributed by atoms with E-state index in [1.54, 1.807) is 24.3 Å². The number of phenolic OH excluding ortho intramolecular Hbond substituents is 1. The lowest BCUT2D eigenvalue weighted by Gasteiger charge is -2.13. The van der Waals surface area contributed by atoms with E-state index in [0.717, 1.165) is 16.7 Å². The number of benzene rings is 3. The minimum atomic E-state index is -0.379. The molecule has 3 aromatic carbocycles. The summed E-state index contributed by atoms with van der Waals surface area (Å²) >= 11 is 0. The minimum Gasteiger partial charge on any atom is -0.508 e. The fraction of sp³-hybridized carbons (Fsp3) is 0. The summed E-state index contributed by atoms with van der Waals surface area (Å²) in [6, 6.07) is 19.1. The van der Waals surface area contributed by atoms with E-state index in [2.05, 4.69) is 0 Å². The van der Waals surface area contributed by atoms with Crippen molar-refractivity contribution in [2.75, 3.05) is 5.73 Å². The SMILES string of the molecule is Nc1cc(F)cc(-c2ccc(O)cc2)c1-c1ccccc1. The smallest absolute Gasteiger partial charge is 0.125 e. The van der Waals surface area contributed by atoms with Crippen LogP contribution in [0.25, 0.3) is 22.3 Å². The molecule has 0 fully saturated rings. The molecule has 0 saturated carbocycles. The zero-order chi connectivity index (χ0) is 14.8. The second-order valence-corrected chi connectivity index (χ2v) is 4.83. The van der Waals surface area contributed by atoms with E-state index in [4.69, 9.17) is 5.73 Å². The van der Waals surface area contributed by atoms with Crippen LogP contribution in [0.4, 0.5) is 10.1 Å². The van der Waals surface area contributed by atoms with E-state index in [1.807, 2.05) is 30.3 Å². The summed E-state index contributed by atoms with van der Waals surface area (Å²) in [4.78, 5) is 0. The average molecular weight is 279 g/mol. The second kappa shape index (κ2) is 5.29. The van der Waals surface area contributed by atoms with Crippen LogP contribution in [0, 0.1) is 5.82 Å². The highest BCUT2D eigenvalue weighted by Gasteiger charge is 2.13. The molecular formula is C18H14FNO. The van der Waals surface area contributed by atoms with Crippen molar-refractivity contribution in [1.82, 2.24) is 0 Å². The van der Waals surface area contributed by atoms with Crippen molar-refractivity contribution in [2.24, 2.45) is 0 Å². The molecule has 0 aliphatic heterocycles. The molecule has 0 bridgehead atoms. The van der Waals surface area contributed by atoms with Crippen molar-refractivity contribution in [3.05, 3.63) is 72.5 Å². The summed E-state index contributed by atoms with van der Waals surface area (Å²) in [6.45, 7) is 0. The fourth-order valence-corrected chi connectivity index (χ4v) is 2.42. The molecule has 3 heteroatoms. The van der Waals surface area contributed by atoms with E-state index < -0.39 is 0 Å². The van der Waals surface area contributed by atoms with Crippen LogP contribution in [-0.2, 0) is 0 Å². The lowest BCUT2D eigenvalue weighted by molar-refractivity contribution is 0.475. The van der Waals surface area contributed by atoms with Crippen molar-refractivity contribution < 1.29 is 9.50 Å². The summed E-state index contributed by atoms with van der Waals surface area (Å²) < 4.78 is 13.8. The van der Waals surface area contributed by atoms with Gasteiger partial charge in [-0.15, -0.1) is 0 Å². The number of phenols is 1. The van der Waals surface area contributed by atoms with Crippen molar-refractivity contribution in [1.29, 1.82) is 0 Å². The Balaban J connectivity index is 2.26. The standard InChI is InChI=1S/C18H14FNO/c19-14-10-16(12-6-8-15(21)9-7-12)18(17(20)11-14)13-4-2-1-3-5-13/h1-11,21H,20H2. The predicted molar refractivity (Wildman–Crippen MR) is 83.3 cm³/mol. The summed E-state index contributed by atoms with van der Waals surface area (Å²) in [6.07, 6.45) is 0. The Morgan fingerprint density at radius 1 is 0.810 bits per heavy atom. The highest BCUT2D eigenvalue weighted by Crippen LogP contribution is 2.37. The zero-order valence-corrected chi connectivity index (χ0v) is 11.3. The molecule has 0 unspecified atom stereocenters. The first-order valence-electron chi connectivity index (χ1n) is 6.59. The molecule has 0 radical (unpaired) electrons. The minimum absolute atomic E-state index is 0.171. The molecule has 0 aromatic heterocycles. The van der Waals surface area contributed by atoms with Crippen molar-refractivity contribution >= 4 is 5.69 Å². The van der Waals surface area contributed by atoms with Crippen LogP contribution in [0.5, 0.6) is 5.75 Å². The number of nitrogens with two attached hydrogens (primary N) is 1. The van der Waals surface area contributed by atoms with E-state index >= 15 is 0 Å². The second-order valence-electron chi connectivity index (χ2n) is 4.83. The van der Waals surface area contributed by atoms with Gasteiger partial charge in [-0.3, -0.25) is 0 Å². The van der Waals surface area contributed by atoms with Gasteiger partial charge < -0.3 is 10.8 Å². The summed E-state index contributed by atoms with van der Waals surface area (Å²) in [7, 11) is 0. The van der Waals surface area contributed by atoms with Gasteiger partial charge in [0, 0.05) is 11.3 Å². The zero-order valence-electron chi connectivity index (χ0n) is 11.3. The maximum Gasteiger partial charge on any atom is 0.125 e. The van der Waals surface area contributed by atoms with Crippen LogP contribution >= 0.6 is 0 Å². The van der Waals surface area contributed by atoms with Crippen molar-refractivity contribution in [3.8, 4) is 28.0 Å². The van der Waals surface area contributed by atoms with Gasteiger partial charge >= 0.3 is 0 Å². The first kappa shape index (κ1) is 13.2. The van der Waals surface area contributed by atoms with Gasteiger partial charge in [-0.25, -0.2) is 4.39 Å². The number of nitrogen functional groups attached to an aromatic ring is 1. The Kier molecular flexibility index (Phi) is 3.32. The molecule has 0 atom stereocenters. The number of rotatable bonds is 2. The van der Waals surface area contributed by atoms with Crippen LogP contribution in [0.1, 0.15) is 0 Å². The third-order valence-corrected chi connectivity index (χ3v) is 3.37. The number of hydrogen-bond donors (Lipinski definition) is 2. The third kappa shape index (κ3) is 2.58. The number of hydrogen-bond acceptors (Lipinski definition) is 2. The fourth-order valence-electron chi connectivity index (χ4n) is 2.42. The molecule has 0 heterocycles. The molecule has 3 N–H and O–H groups in total. The van der Waals surface area contributed by atoms with Gasteiger partial charge in [0.2, 0.25) is 0 Å². The van der Waals surface area contributed by atoms with Gasteiger partial charge in [-0.1, -0.05) is 42.5 Å². The largest absolute Gasteiger partial charge is 0.508 e. The normalized spacial score (nSPS) is 10.5. The molecule has 0 aliphatic rings. The third-order valence-electron chi connectivity index (χ3n) is 3.37. The van der Waals surface area contributed by atoms with Gasteiger partial charge in [-0.2, -0.15) is 0 Å². The molecule has 0 aliphatic carbocycles. The molecule has 104 valence electrons. The Morgan fingerprint density at radius 2 is 1.48 bits per heavy atom. The van der Waals surface area contributed by atoms with Crippen LogP contribution in [-0.4, -0.2) is 5.11 Å². The lowest BCUT2D eigenvalue weighted by atomic mass is 9.93. The van der Waals surface area contributed by atoms with Crippen molar-refractivity contribution in [3.63, 3.8) is 0 Å². The number of aromatic hydroxyl groups is 1. The van der Waals surface area contributed by atoms with Crippen LogP contribution < -0.4 is 5.73 Å². The summed E-state index contributed by atoms with van der Waals surface area (Å²) in [5.74, 6) is -0.209. The van der Waals surface area contributed by atoms with E-state index in [1.165, 1.54) is 12.1 Å². The Hall–Kier alpha value is -2.81. The monoisotopic (exact) mass is 279 g/mol. The van der Waals surface area contributed by atoms with Gasteiger partial charge in [0.15, 0.2) is 0 Å². The van der Waals surface area contributed by atoms with Crippen LogP contribution in [0.15, 0.2) is 66.7 Å². The van der Waals surface area contributed by atoms with Gasteiger partial charge in [0.25, 0.3) is 0 Å². The number of anilines is 1. The maximum atomic E-state index is 13.8. The topological polar surface area (TPSA) is 46.2 Å². The predicted octanol–water partition coefficient (Wildman–Crippen LogP) is 4.45. The van der Waals surface area contributed by atoms with E-state index in [-0.39, 0.29) is 11.6 Å². The first-order chi connectivity index (χ1) is 10.1. The molecule has 21 heavy (non-hydrogen) atoms. The van der Waals surface area contributed by atoms with Crippen LogP contribution in [0.3, 0.4) is 0 Å². The molecule has 0 saturated heterocycles. The summed E-state index contributed by atoms with van der Waals surface area (Å²) in [5.41, 5.74) is 9.66. The average Bonchev–Trinajstić information content (AvgIpc) is 2.48. The first-order valence-corrected chi connectivity index (χ1v) is 6.59. The van der Waals surface area contributed by atoms with E-state index in [9.17, 15) is 9.50 Å². The molecule has 2 nitrogen and oxygen atoms in total. The highest BCUT2D eigenvalue weighted by molar-refractivity contribution is 5.91. The molecule has 0 spiro atoms. The molecule has 0 amide bonds. The van der Waals surface area contributed by atoms with E-state index in [0.29, 0.717) is 11.3 Å². The Bertz CT molecular complexity index is 767. The molecular weight excluding hydrogens is 265 g/mol. The Morgan fingerprint density at radius 3 is 2.14 bits per heavy atom. The molecule has 3 aromatic rings. The maximum absolute atomic E-state index is 13.8. The number of halogens is 1.